The standard InChI is InChI=1S/C22H19Cl2FN4O5/c1-31-15-6-4-5-13(25)11(15)10-34-17-8-14(12(24)7-16(17)32-2)29-20-19(28-22(29)30)21(33-3)27-18(9-23)26-20/h4-8H,9-10H2,1-3H3,(H,28,30). The predicted octanol–water partition coefficient (Wildman–Crippen LogP) is 4.24. The number of rotatable bonds is 8. The molecule has 0 aliphatic carbocycles. The van der Waals surface area contributed by atoms with Crippen molar-refractivity contribution in [1.82, 2.24) is 19.5 Å². The molecule has 2 aromatic heterocycles. The fourth-order valence-electron chi connectivity index (χ4n) is 3.42. The monoisotopic (exact) mass is 508 g/mol. The number of alkyl halides is 1. The molecular formula is C22H19Cl2FN4O5. The normalized spacial score (nSPS) is 11.0. The quantitative estimate of drug-likeness (QED) is 0.355. The van der Waals surface area contributed by atoms with Gasteiger partial charge in [0.05, 0.1) is 43.5 Å². The molecule has 0 aliphatic rings. The summed E-state index contributed by atoms with van der Waals surface area (Å²) in [4.78, 5) is 24.1. The number of hydrogen-bond acceptors (Lipinski definition) is 7. The first-order valence-corrected chi connectivity index (χ1v) is 10.8. The van der Waals surface area contributed by atoms with Gasteiger partial charge in [0.15, 0.2) is 17.1 Å². The van der Waals surface area contributed by atoms with Crippen LogP contribution in [-0.4, -0.2) is 40.8 Å². The van der Waals surface area contributed by atoms with Crippen molar-refractivity contribution in [3.63, 3.8) is 0 Å². The van der Waals surface area contributed by atoms with Crippen LogP contribution in [0.4, 0.5) is 4.39 Å². The molecule has 0 radical (unpaired) electrons. The Bertz CT molecular complexity index is 1420. The fraction of sp³-hybridized carbons (Fsp3) is 0.227. The van der Waals surface area contributed by atoms with Gasteiger partial charge in [0.1, 0.15) is 29.5 Å². The number of aromatic nitrogens is 4. The van der Waals surface area contributed by atoms with Crippen LogP contribution in [0, 0.1) is 5.82 Å². The van der Waals surface area contributed by atoms with E-state index in [1.54, 1.807) is 6.07 Å². The molecule has 0 atom stereocenters. The minimum Gasteiger partial charge on any atom is -0.496 e. The van der Waals surface area contributed by atoms with E-state index >= 15 is 0 Å². The molecule has 1 N–H and O–H groups in total. The maximum absolute atomic E-state index is 14.4. The summed E-state index contributed by atoms with van der Waals surface area (Å²) in [6.45, 7) is -0.164. The summed E-state index contributed by atoms with van der Waals surface area (Å²) < 4.78 is 37.3. The second-order valence-electron chi connectivity index (χ2n) is 6.91. The van der Waals surface area contributed by atoms with Crippen LogP contribution in [0.3, 0.4) is 0 Å². The van der Waals surface area contributed by atoms with Crippen molar-refractivity contribution in [1.29, 1.82) is 0 Å². The van der Waals surface area contributed by atoms with Crippen LogP contribution in [0.15, 0.2) is 35.1 Å². The minimum absolute atomic E-state index is 0.000842. The highest BCUT2D eigenvalue weighted by Crippen LogP contribution is 2.37. The van der Waals surface area contributed by atoms with E-state index in [9.17, 15) is 9.18 Å². The smallest absolute Gasteiger partial charge is 0.332 e. The summed E-state index contributed by atoms with van der Waals surface area (Å²) in [5.41, 5.74) is 0.406. The molecule has 2 heterocycles. The van der Waals surface area contributed by atoms with Gasteiger partial charge in [-0.25, -0.2) is 18.7 Å². The number of aromatic amines is 1. The van der Waals surface area contributed by atoms with Crippen LogP contribution in [-0.2, 0) is 12.5 Å². The van der Waals surface area contributed by atoms with Gasteiger partial charge in [-0.05, 0) is 12.1 Å². The third-order valence-electron chi connectivity index (χ3n) is 5.00. The van der Waals surface area contributed by atoms with Gasteiger partial charge >= 0.3 is 5.69 Å². The molecule has 9 nitrogen and oxygen atoms in total. The number of halogens is 3. The zero-order valence-electron chi connectivity index (χ0n) is 18.3. The van der Waals surface area contributed by atoms with Crippen molar-refractivity contribution in [2.24, 2.45) is 0 Å². The van der Waals surface area contributed by atoms with Gasteiger partial charge in [0.2, 0.25) is 5.88 Å². The van der Waals surface area contributed by atoms with Crippen molar-refractivity contribution in [3.8, 4) is 28.8 Å². The Labute approximate surface area is 203 Å². The van der Waals surface area contributed by atoms with E-state index in [0.717, 1.165) is 0 Å². The molecule has 0 saturated carbocycles. The average molecular weight is 509 g/mol. The molecule has 4 aromatic rings. The molecule has 0 unspecified atom stereocenters. The van der Waals surface area contributed by atoms with E-state index in [4.69, 9.17) is 42.1 Å². The lowest BCUT2D eigenvalue weighted by Crippen LogP contribution is -2.16. The minimum atomic E-state index is -0.539. The Balaban J connectivity index is 1.84. The Hall–Kier alpha value is -3.50. The van der Waals surface area contributed by atoms with E-state index < -0.39 is 11.5 Å². The number of fused-ring (bicyclic) bond motifs is 1. The lowest BCUT2D eigenvalue weighted by molar-refractivity contribution is 0.272. The van der Waals surface area contributed by atoms with Crippen LogP contribution < -0.4 is 24.6 Å². The lowest BCUT2D eigenvalue weighted by atomic mass is 10.2. The SMILES string of the molecule is COc1cc(Cl)c(-n2c(=O)[nH]c3c(OC)nc(CCl)nc32)cc1OCc1c(F)cccc1OC. The zero-order chi connectivity index (χ0) is 24.4. The first kappa shape index (κ1) is 23.7. The fourth-order valence-corrected chi connectivity index (χ4v) is 3.78. The lowest BCUT2D eigenvalue weighted by Gasteiger charge is -2.16. The summed E-state index contributed by atoms with van der Waals surface area (Å²) in [6.07, 6.45) is 0. The molecule has 4 rings (SSSR count). The van der Waals surface area contributed by atoms with Crippen molar-refractivity contribution in [2.45, 2.75) is 12.5 Å². The van der Waals surface area contributed by atoms with Gasteiger partial charge in [-0.3, -0.25) is 4.98 Å². The number of nitrogens with one attached hydrogen (secondary N) is 1. The summed E-state index contributed by atoms with van der Waals surface area (Å²) in [5, 5.41) is 0.181. The van der Waals surface area contributed by atoms with E-state index in [0.29, 0.717) is 5.75 Å². The van der Waals surface area contributed by atoms with E-state index in [-0.39, 0.29) is 63.1 Å². The van der Waals surface area contributed by atoms with Crippen LogP contribution in [0.5, 0.6) is 23.1 Å². The van der Waals surface area contributed by atoms with Gasteiger partial charge in [0, 0.05) is 12.1 Å². The average Bonchev–Trinajstić information content (AvgIpc) is 3.18. The first-order valence-electron chi connectivity index (χ1n) is 9.85. The van der Waals surface area contributed by atoms with Crippen molar-refractivity contribution < 1.29 is 23.3 Å². The number of ether oxygens (including phenoxy) is 4. The molecule has 0 spiro atoms. The molecule has 0 amide bonds. The number of imidazole rings is 1. The van der Waals surface area contributed by atoms with Crippen molar-refractivity contribution >= 4 is 34.4 Å². The maximum Gasteiger partial charge on any atom is 0.332 e. The molecule has 0 saturated heterocycles. The predicted molar refractivity (Wildman–Crippen MR) is 124 cm³/mol. The maximum atomic E-state index is 14.4. The molecule has 0 fully saturated rings. The summed E-state index contributed by atoms with van der Waals surface area (Å²) in [6, 6.07) is 7.44. The molecule has 0 aliphatic heterocycles. The summed E-state index contributed by atoms with van der Waals surface area (Å²) in [7, 11) is 4.29. The molecule has 178 valence electrons. The largest absolute Gasteiger partial charge is 0.496 e. The third-order valence-corrected chi connectivity index (χ3v) is 5.55. The van der Waals surface area contributed by atoms with Crippen LogP contribution in [0.25, 0.3) is 16.9 Å². The van der Waals surface area contributed by atoms with Gasteiger partial charge in [-0.2, -0.15) is 4.98 Å². The van der Waals surface area contributed by atoms with Crippen molar-refractivity contribution in [2.75, 3.05) is 21.3 Å². The van der Waals surface area contributed by atoms with Crippen LogP contribution in [0.2, 0.25) is 5.02 Å². The number of nitrogens with zero attached hydrogens (tertiary/aromatic N) is 3. The van der Waals surface area contributed by atoms with E-state index in [1.807, 2.05) is 0 Å². The molecular weight excluding hydrogens is 490 g/mol. The van der Waals surface area contributed by atoms with Crippen LogP contribution >= 0.6 is 23.2 Å². The molecule has 0 bridgehead atoms. The molecule has 12 heteroatoms. The van der Waals surface area contributed by atoms with Crippen LogP contribution in [0.1, 0.15) is 11.4 Å². The third kappa shape index (κ3) is 4.22. The molecule has 2 aromatic carbocycles. The van der Waals surface area contributed by atoms with Gasteiger partial charge in [-0.15, -0.1) is 11.6 Å². The Morgan fingerprint density at radius 1 is 1.06 bits per heavy atom. The number of benzene rings is 2. The second-order valence-corrected chi connectivity index (χ2v) is 7.59. The summed E-state index contributed by atoms with van der Waals surface area (Å²) in [5.74, 6) is 0.755. The zero-order valence-corrected chi connectivity index (χ0v) is 19.8. The topological polar surface area (TPSA) is 100 Å². The van der Waals surface area contributed by atoms with E-state index in [2.05, 4.69) is 15.0 Å². The highest BCUT2D eigenvalue weighted by Gasteiger charge is 2.21. The Morgan fingerprint density at radius 3 is 2.50 bits per heavy atom. The second kappa shape index (κ2) is 9.78. The Morgan fingerprint density at radius 2 is 1.82 bits per heavy atom. The van der Waals surface area contributed by atoms with Gasteiger partial charge in [0.25, 0.3) is 0 Å². The van der Waals surface area contributed by atoms with Gasteiger partial charge < -0.3 is 18.9 Å². The molecule has 34 heavy (non-hydrogen) atoms. The highest BCUT2D eigenvalue weighted by atomic mass is 35.5. The Kier molecular flexibility index (Phi) is 6.80. The first-order chi connectivity index (χ1) is 16.4. The number of methoxy groups -OCH3 is 3. The summed E-state index contributed by atoms with van der Waals surface area (Å²) >= 11 is 12.4. The number of H-pyrrole nitrogens is 1. The van der Waals surface area contributed by atoms with E-state index in [1.165, 1.54) is 50.2 Å². The van der Waals surface area contributed by atoms with Crippen molar-refractivity contribution in [3.05, 3.63) is 63.0 Å². The highest BCUT2D eigenvalue weighted by molar-refractivity contribution is 6.32. The number of hydrogen-bond donors (Lipinski definition) is 1. The van der Waals surface area contributed by atoms with Gasteiger partial charge in [-0.1, -0.05) is 17.7 Å².